The van der Waals surface area contributed by atoms with Crippen LogP contribution in [0.2, 0.25) is 0 Å². The Morgan fingerprint density at radius 1 is 0.971 bits per heavy atom. The van der Waals surface area contributed by atoms with Crippen molar-refractivity contribution in [2.45, 2.75) is 10.2 Å². The van der Waals surface area contributed by atoms with Gasteiger partial charge < -0.3 is 4.42 Å². The van der Waals surface area contributed by atoms with Crippen LogP contribution in [0.3, 0.4) is 0 Å². The summed E-state index contributed by atoms with van der Waals surface area (Å²) < 4.78 is 7.42. The first kappa shape index (κ1) is 22.1. The SMILES string of the molecule is O=c1c2ccccc2nc(Sc2ccc(/C=N\Nc3ccc([N+](=O)[O-])cc3)o2)n1-c1ccccc1. The topological polar surface area (TPSA) is 116 Å². The molecule has 3 aromatic carbocycles. The lowest BCUT2D eigenvalue weighted by molar-refractivity contribution is -0.384. The fourth-order valence-electron chi connectivity index (χ4n) is 3.36. The number of anilines is 1. The Labute approximate surface area is 202 Å². The summed E-state index contributed by atoms with van der Waals surface area (Å²) in [5.41, 5.74) is 4.55. The van der Waals surface area contributed by atoms with Crippen LogP contribution >= 0.6 is 11.8 Å². The molecule has 0 amide bonds. The summed E-state index contributed by atoms with van der Waals surface area (Å²) in [6.45, 7) is 0. The average molecular weight is 484 g/mol. The third-order valence-corrected chi connectivity index (χ3v) is 5.89. The largest absolute Gasteiger partial charge is 0.448 e. The third kappa shape index (κ3) is 4.82. The molecule has 5 aromatic rings. The van der Waals surface area contributed by atoms with Crippen LogP contribution in [-0.4, -0.2) is 20.7 Å². The first-order valence-corrected chi connectivity index (χ1v) is 11.3. The van der Waals surface area contributed by atoms with E-state index >= 15 is 0 Å². The second-order valence-electron chi connectivity index (χ2n) is 7.32. The van der Waals surface area contributed by atoms with Gasteiger partial charge in [-0.3, -0.25) is 24.9 Å². The van der Waals surface area contributed by atoms with Gasteiger partial charge in [-0.1, -0.05) is 30.3 Å². The Morgan fingerprint density at radius 3 is 2.49 bits per heavy atom. The molecule has 9 nitrogen and oxygen atoms in total. The summed E-state index contributed by atoms with van der Waals surface area (Å²) in [6.07, 6.45) is 1.49. The number of benzene rings is 3. The molecule has 0 saturated carbocycles. The molecule has 2 aromatic heterocycles. The minimum Gasteiger partial charge on any atom is -0.448 e. The van der Waals surface area contributed by atoms with E-state index in [1.54, 1.807) is 41.0 Å². The van der Waals surface area contributed by atoms with E-state index in [9.17, 15) is 14.9 Å². The molecular formula is C25H17N5O4S. The molecule has 1 N–H and O–H groups in total. The smallest absolute Gasteiger partial charge is 0.269 e. The summed E-state index contributed by atoms with van der Waals surface area (Å²) in [4.78, 5) is 28.3. The van der Waals surface area contributed by atoms with Crippen LogP contribution in [0.4, 0.5) is 11.4 Å². The number of para-hydroxylation sites is 2. The number of nitrogens with one attached hydrogen (secondary N) is 1. The van der Waals surface area contributed by atoms with Gasteiger partial charge in [-0.05, 0) is 60.3 Å². The minimum absolute atomic E-state index is 0.00325. The van der Waals surface area contributed by atoms with Crippen LogP contribution < -0.4 is 11.0 Å². The summed E-state index contributed by atoms with van der Waals surface area (Å²) >= 11 is 1.23. The van der Waals surface area contributed by atoms with E-state index in [4.69, 9.17) is 9.40 Å². The molecule has 10 heteroatoms. The zero-order valence-electron chi connectivity index (χ0n) is 18.1. The number of rotatable bonds is 7. The van der Waals surface area contributed by atoms with Crippen LogP contribution in [0, 0.1) is 10.1 Å². The predicted octanol–water partition coefficient (Wildman–Crippen LogP) is 5.48. The van der Waals surface area contributed by atoms with Crippen molar-refractivity contribution in [2.75, 3.05) is 5.43 Å². The number of fused-ring (bicyclic) bond motifs is 1. The fourth-order valence-corrected chi connectivity index (χ4v) is 4.24. The number of hydrazone groups is 1. The van der Waals surface area contributed by atoms with Gasteiger partial charge in [0.25, 0.3) is 11.2 Å². The lowest BCUT2D eigenvalue weighted by Crippen LogP contribution is -2.21. The van der Waals surface area contributed by atoms with Crippen molar-refractivity contribution < 1.29 is 9.34 Å². The molecule has 0 aliphatic carbocycles. The van der Waals surface area contributed by atoms with E-state index in [0.717, 1.165) is 0 Å². The first-order valence-electron chi connectivity index (χ1n) is 10.5. The van der Waals surface area contributed by atoms with Crippen molar-refractivity contribution in [2.24, 2.45) is 5.10 Å². The number of nitro benzene ring substituents is 1. The van der Waals surface area contributed by atoms with Gasteiger partial charge in [0.2, 0.25) is 0 Å². The van der Waals surface area contributed by atoms with Crippen LogP contribution in [0.25, 0.3) is 16.6 Å². The average Bonchev–Trinajstić information content (AvgIpc) is 3.32. The maximum atomic E-state index is 13.3. The second-order valence-corrected chi connectivity index (χ2v) is 8.29. The Bertz CT molecular complexity index is 1590. The van der Waals surface area contributed by atoms with Gasteiger partial charge in [-0.15, -0.1) is 0 Å². The van der Waals surface area contributed by atoms with E-state index in [0.29, 0.717) is 38.3 Å². The zero-order chi connectivity index (χ0) is 24.2. The van der Waals surface area contributed by atoms with Gasteiger partial charge >= 0.3 is 0 Å². The molecule has 0 saturated heterocycles. The number of hydrogen-bond acceptors (Lipinski definition) is 8. The molecule has 0 atom stereocenters. The number of nitro groups is 1. The number of hydrogen-bond donors (Lipinski definition) is 1. The molecular weight excluding hydrogens is 466 g/mol. The third-order valence-electron chi connectivity index (χ3n) is 5.02. The number of furan rings is 1. The van der Waals surface area contributed by atoms with E-state index in [1.165, 1.54) is 30.1 Å². The Kier molecular flexibility index (Phi) is 6.10. The lowest BCUT2D eigenvalue weighted by atomic mass is 10.2. The van der Waals surface area contributed by atoms with Crippen molar-refractivity contribution >= 4 is 40.3 Å². The van der Waals surface area contributed by atoms with Crippen molar-refractivity contribution in [1.29, 1.82) is 0 Å². The fraction of sp³-hybridized carbons (Fsp3) is 0. The van der Waals surface area contributed by atoms with Crippen LogP contribution in [0.5, 0.6) is 0 Å². The summed E-state index contributed by atoms with van der Waals surface area (Å²) in [5.74, 6) is 0.483. The highest BCUT2D eigenvalue weighted by atomic mass is 32.2. The standard InChI is InChI=1S/C25H17N5O4S/c31-24-21-8-4-5-9-22(21)27-25(29(24)18-6-2-1-3-7-18)35-23-15-14-20(34-23)16-26-28-17-10-12-19(13-11-17)30(32)33/h1-16,28H/b26-16-. The minimum atomic E-state index is -0.462. The summed E-state index contributed by atoms with van der Waals surface area (Å²) in [6, 6.07) is 26.0. The van der Waals surface area contributed by atoms with Gasteiger partial charge in [0, 0.05) is 12.1 Å². The van der Waals surface area contributed by atoms with Gasteiger partial charge in [0.05, 0.1) is 33.4 Å². The second kappa shape index (κ2) is 9.65. The highest BCUT2D eigenvalue weighted by molar-refractivity contribution is 7.99. The zero-order valence-corrected chi connectivity index (χ0v) is 18.9. The van der Waals surface area contributed by atoms with E-state index in [1.807, 2.05) is 42.5 Å². The first-order chi connectivity index (χ1) is 17.1. The summed E-state index contributed by atoms with van der Waals surface area (Å²) in [5, 5.41) is 16.4. The van der Waals surface area contributed by atoms with Crippen LogP contribution in [0.15, 0.2) is 116 Å². The van der Waals surface area contributed by atoms with Gasteiger partial charge in [0.1, 0.15) is 5.76 Å². The van der Waals surface area contributed by atoms with Crippen molar-refractivity contribution in [3.05, 3.63) is 117 Å². The molecule has 0 aliphatic heterocycles. The highest BCUT2D eigenvalue weighted by Crippen LogP contribution is 2.29. The molecule has 0 aliphatic rings. The van der Waals surface area contributed by atoms with E-state index < -0.39 is 4.92 Å². The van der Waals surface area contributed by atoms with E-state index in [-0.39, 0.29) is 11.2 Å². The maximum Gasteiger partial charge on any atom is 0.269 e. The number of nitrogens with zero attached hydrogens (tertiary/aromatic N) is 4. The maximum absolute atomic E-state index is 13.3. The van der Waals surface area contributed by atoms with Gasteiger partial charge in [-0.25, -0.2) is 4.98 Å². The monoisotopic (exact) mass is 483 g/mol. The molecule has 172 valence electrons. The van der Waals surface area contributed by atoms with Gasteiger partial charge in [-0.2, -0.15) is 5.10 Å². The molecule has 5 rings (SSSR count). The lowest BCUT2D eigenvalue weighted by Gasteiger charge is -2.12. The molecule has 35 heavy (non-hydrogen) atoms. The number of aromatic nitrogens is 2. The molecule has 0 unspecified atom stereocenters. The van der Waals surface area contributed by atoms with Crippen LogP contribution in [-0.2, 0) is 0 Å². The Morgan fingerprint density at radius 2 is 1.71 bits per heavy atom. The molecule has 2 heterocycles. The van der Waals surface area contributed by atoms with Crippen LogP contribution in [0.1, 0.15) is 5.76 Å². The molecule has 0 bridgehead atoms. The van der Waals surface area contributed by atoms with E-state index in [2.05, 4.69) is 10.5 Å². The van der Waals surface area contributed by atoms with Crippen molar-refractivity contribution in [3.8, 4) is 5.69 Å². The quantitative estimate of drug-likeness (QED) is 0.141. The number of non-ortho nitro benzene ring substituents is 1. The normalized spacial score (nSPS) is 11.2. The Balaban J connectivity index is 1.39. The van der Waals surface area contributed by atoms with Gasteiger partial charge in [0.15, 0.2) is 10.2 Å². The Hall–Kier alpha value is -4.70. The summed E-state index contributed by atoms with van der Waals surface area (Å²) in [7, 11) is 0. The van der Waals surface area contributed by atoms with Crippen molar-refractivity contribution in [1.82, 2.24) is 9.55 Å². The molecule has 0 fully saturated rings. The highest BCUT2D eigenvalue weighted by Gasteiger charge is 2.15. The molecule has 0 radical (unpaired) electrons. The van der Waals surface area contributed by atoms with Crippen molar-refractivity contribution in [3.63, 3.8) is 0 Å². The molecule has 0 spiro atoms. The predicted molar refractivity (Wildman–Crippen MR) is 134 cm³/mol.